The van der Waals surface area contributed by atoms with Gasteiger partial charge in [0.1, 0.15) is 6.04 Å². The maximum atomic E-state index is 13.1. The number of nitrogens with one attached hydrogen (secondary N) is 1. The van der Waals surface area contributed by atoms with Gasteiger partial charge in [-0.2, -0.15) is 0 Å². The lowest BCUT2D eigenvalue weighted by Gasteiger charge is -2.30. The molecule has 2 aromatic carbocycles. The summed E-state index contributed by atoms with van der Waals surface area (Å²) in [7, 11) is 0. The Morgan fingerprint density at radius 3 is 2.33 bits per heavy atom. The first kappa shape index (κ1) is 24.0. The zero-order valence-corrected chi connectivity index (χ0v) is 19.6. The second-order valence-electron chi connectivity index (χ2n) is 7.92. The van der Waals surface area contributed by atoms with E-state index in [1.54, 1.807) is 16.7 Å². The monoisotopic (exact) mass is 426 g/mol. The van der Waals surface area contributed by atoms with Crippen LogP contribution < -0.4 is 5.32 Å². The number of hydrogen-bond donors (Lipinski definition) is 1. The summed E-state index contributed by atoms with van der Waals surface area (Å²) in [4.78, 5) is 27.6. The Morgan fingerprint density at radius 2 is 1.70 bits per heavy atom. The highest BCUT2D eigenvalue weighted by Gasteiger charge is 2.27. The first-order chi connectivity index (χ1) is 14.3. The first-order valence-electron chi connectivity index (χ1n) is 10.6. The normalized spacial score (nSPS) is 12.8. The zero-order chi connectivity index (χ0) is 22.1. The Balaban J connectivity index is 2.08. The van der Waals surface area contributed by atoms with Gasteiger partial charge in [0, 0.05) is 18.3 Å². The lowest BCUT2D eigenvalue weighted by Crippen LogP contribution is -2.50. The third-order valence-electron chi connectivity index (χ3n) is 5.39. The van der Waals surface area contributed by atoms with E-state index in [4.69, 9.17) is 0 Å². The minimum Gasteiger partial charge on any atom is -0.352 e. The van der Waals surface area contributed by atoms with Crippen molar-refractivity contribution in [3.05, 3.63) is 70.8 Å². The van der Waals surface area contributed by atoms with Crippen molar-refractivity contribution in [1.82, 2.24) is 10.2 Å². The Labute approximate surface area is 185 Å². The highest BCUT2D eigenvalue weighted by atomic mass is 32.2. The van der Waals surface area contributed by atoms with Gasteiger partial charge >= 0.3 is 0 Å². The van der Waals surface area contributed by atoms with Crippen molar-refractivity contribution in [2.75, 3.05) is 5.75 Å². The average Bonchev–Trinajstić information content (AvgIpc) is 2.73. The van der Waals surface area contributed by atoms with Gasteiger partial charge in [-0.25, -0.2) is 0 Å². The lowest BCUT2D eigenvalue weighted by atomic mass is 10.1. The molecule has 0 aliphatic heterocycles. The molecule has 30 heavy (non-hydrogen) atoms. The molecule has 2 amide bonds. The van der Waals surface area contributed by atoms with Crippen molar-refractivity contribution in [3.63, 3.8) is 0 Å². The molecule has 2 unspecified atom stereocenters. The van der Waals surface area contributed by atoms with Crippen molar-refractivity contribution in [2.24, 2.45) is 0 Å². The van der Waals surface area contributed by atoms with Crippen LogP contribution in [0.25, 0.3) is 0 Å². The summed E-state index contributed by atoms with van der Waals surface area (Å²) in [6.07, 6.45) is 0.858. The van der Waals surface area contributed by atoms with Gasteiger partial charge in [0.15, 0.2) is 0 Å². The Bertz CT molecular complexity index is 835. The van der Waals surface area contributed by atoms with Gasteiger partial charge < -0.3 is 10.2 Å². The first-order valence-corrected chi connectivity index (χ1v) is 11.7. The fraction of sp³-hybridized carbons (Fsp3) is 0.440. The topological polar surface area (TPSA) is 49.4 Å². The van der Waals surface area contributed by atoms with Gasteiger partial charge in [0.05, 0.1) is 5.75 Å². The van der Waals surface area contributed by atoms with E-state index in [2.05, 4.69) is 36.5 Å². The molecule has 0 fully saturated rings. The summed E-state index contributed by atoms with van der Waals surface area (Å²) in [5, 5.41) is 3.01. The number of carbonyl (C=O) groups is 2. The summed E-state index contributed by atoms with van der Waals surface area (Å²) < 4.78 is 0. The van der Waals surface area contributed by atoms with E-state index < -0.39 is 6.04 Å². The van der Waals surface area contributed by atoms with Crippen LogP contribution in [0.3, 0.4) is 0 Å². The third-order valence-corrected chi connectivity index (χ3v) is 6.37. The van der Waals surface area contributed by atoms with Gasteiger partial charge in [-0.3, -0.25) is 9.59 Å². The average molecular weight is 427 g/mol. The molecule has 4 nitrogen and oxygen atoms in total. The Hall–Kier alpha value is -2.27. The van der Waals surface area contributed by atoms with Gasteiger partial charge in [0.25, 0.3) is 0 Å². The number of hydrogen-bond acceptors (Lipinski definition) is 3. The molecule has 5 heteroatoms. The fourth-order valence-corrected chi connectivity index (χ4v) is 3.91. The fourth-order valence-electron chi connectivity index (χ4n) is 3.04. The minimum absolute atomic E-state index is 0.0119. The molecule has 0 spiro atoms. The SMILES string of the molecule is CCC(C)NC(=O)C(C)N(Cc1ccccc1C)C(=O)CSCc1ccc(C)cc1. The number of aryl methyl sites for hydroxylation is 2. The van der Waals surface area contributed by atoms with E-state index in [9.17, 15) is 9.59 Å². The molecule has 0 aromatic heterocycles. The number of thioether (sulfide) groups is 1. The van der Waals surface area contributed by atoms with E-state index in [0.29, 0.717) is 12.3 Å². The standard InChI is InChI=1S/C25H34N2O2S/c1-6-20(4)26-25(29)21(5)27(15-23-10-8-7-9-19(23)3)24(28)17-30-16-22-13-11-18(2)12-14-22/h7-14,20-21H,6,15-17H2,1-5H3,(H,26,29). The molecule has 2 aromatic rings. The molecule has 2 atom stereocenters. The third kappa shape index (κ3) is 7.21. The molecule has 0 saturated heterocycles. The van der Waals surface area contributed by atoms with Crippen LogP contribution in [0.4, 0.5) is 0 Å². The van der Waals surface area contributed by atoms with Crippen molar-refractivity contribution in [1.29, 1.82) is 0 Å². The predicted octanol–water partition coefficient (Wildman–Crippen LogP) is 4.87. The van der Waals surface area contributed by atoms with Gasteiger partial charge in [-0.05, 0) is 50.8 Å². The summed E-state index contributed by atoms with van der Waals surface area (Å²) in [5.74, 6) is 1.01. The molecular weight excluding hydrogens is 392 g/mol. The van der Waals surface area contributed by atoms with Crippen LogP contribution in [0, 0.1) is 13.8 Å². The van der Waals surface area contributed by atoms with E-state index in [1.165, 1.54) is 11.1 Å². The summed E-state index contributed by atoms with van der Waals surface area (Å²) in [6.45, 7) is 10.4. The van der Waals surface area contributed by atoms with Crippen LogP contribution in [0.5, 0.6) is 0 Å². The maximum absolute atomic E-state index is 13.1. The number of carbonyl (C=O) groups excluding carboxylic acids is 2. The lowest BCUT2D eigenvalue weighted by molar-refractivity contribution is -0.138. The van der Waals surface area contributed by atoms with Crippen LogP contribution in [-0.2, 0) is 21.9 Å². The second kappa shape index (κ2) is 11.8. The van der Waals surface area contributed by atoms with Crippen molar-refractivity contribution < 1.29 is 9.59 Å². The largest absolute Gasteiger partial charge is 0.352 e. The highest BCUT2D eigenvalue weighted by Crippen LogP contribution is 2.18. The smallest absolute Gasteiger partial charge is 0.242 e. The molecule has 0 bridgehead atoms. The molecule has 1 N–H and O–H groups in total. The highest BCUT2D eigenvalue weighted by molar-refractivity contribution is 7.99. The van der Waals surface area contributed by atoms with E-state index in [1.807, 2.05) is 52.0 Å². The van der Waals surface area contributed by atoms with Gasteiger partial charge in [-0.1, -0.05) is 61.0 Å². The second-order valence-corrected chi connectivity index (χ2v) is 8.91. The van der Waals surface area contributed by atoms with Crippen LogP contribution in [0.1, 0.15) is 49.4 Å². The Morgan fingerprint density at radius 1 is 1.03 bits per heavy atom. The number of nitrogens with zero attached hydrogens (tertiary/aromatic N) is 1. The quantitative estimate of drug-likeness (QED) is 0.590. The number of amides is 2. The predicted molar refractivity (Wildman–Crippen MR) is 126 cm³/mol. The van der Waals surface area contributed by atoms with Crippen LogP contribution >= 0.6 is 11.8 Å². The summed E-state index contributed by atoms with van der Waals surface area (Å²) in [5.41, 5.74) is 4.62. The van der Waals surface area contributed by atoms with Gasteiger partial charge in [-0.15, -0.1) is 11.8 Å². The van der Waals surface area contributed by atoms with Crippen molar-refractivity contribution in [3.8, 4) is 0 Å². The van der Waals surface area contributed by atoms with E-state index in [0.717, 1.165) is 23.3 Å². The molecular formula is C25H34N2O2S. The van der Waals surface area contributed by atoms with Gasteiger partial charge in [0.2, 0.25) is 11.8 Å². The van der Waals surface area contributed by atoms with Crippen LogP contribution in [0.15, 0.2) is 48.5 Å². The zero-order valence-electron chi connectivity index (χ0n) is 18.8. The van der Waals surface area contributed by atoms with Crippen LogP contribution in [0.2, 0.25) is 0 Å². The van der Waals surface area contributed by atoms with Crippen molar-refractivity contribution >= 4 is 23.6 Å². The molecule has 162 valence electrons. The molecule has 0 aliphatic rings. The van der Waals surface area contributed by atoms with Crippen molar-refractivity contribution in [2.45, 2.75) is 65.4 Å². The van der Waals surface area contributed by atoms with E-state index in [-0.39, 0.29) is 17.9 Å². The molecule has 0 saturated carbocycles. The van der Waals surface area contributed by atoms with Crippen LogP contribution in [-0.4, -0.2) is 34.6 Å². The maximum Gasteiger partial charge on any atom is 0.242 e. The number of rotatable bonds is 10. The summed E-state index contributed by atoms with van der Waals surface area (Å²) in [6, 6.07) is 16.0. The molecule has 0 aliphatic carbocycles. The van der Waals surface area contributed by atoms with E-state index >= 15 is 0 Å². The number of benzene rings is 2. The molecule has 2 rings (SSSR count). The molecule has 0 heterocycles. The minimum atomic E-state index is -0.522. The molecule has 0 radical (unpaired) electrons. The summed E-state index contributed by atoms with van der Waals surface area (Å²) >= 11 is 1.59. The Kier molecular flexibility index (Phi) is 9.44.